The van der Waals surface area contributed by atoms with Crippen molar-refractivity contribution in [2.75, 3.05) is 64.8 Å². The molecule has 5 heteroatoms. The predicted octanol–water partition coefficient (Wildman–Crippen LogP) is 2.14. The van der Waals surface area contributed by atoms with Crippen LogP contribution >= 0.6 is 0 Å². The lowest BCUT2D eigenvalue weighted by Crippen LogP contribution is -2.58. The van der Waals surface area contributed by atoms with Gasteiger partial charge >= 0.3 is 0 Å². The number of hydrogen-bond acceptors (Lipinski definition) is 4. The first-order valence-corrected chi connectivity index (χ1v) is 10.5. The fourth-order valence-corrected chi connectivity index (χ4v) is 5.34. The summed E-state index contributed by atoms with van der Waals surface area (Å²) in [5.41, 5.74) is 1.40. The molecule has 3 saturated heterocycles. The van der Waals surface area contributed by atoms with Gasteiger partial charge in [-0.1, -0.05) is 18.2 Å². The summed E-state index contributed by atoms with van der Waals surface area (Å²) in [6.45, 7) is 7.88. The van der Waals surface area contributed by atoms with Gasteiger partial charge in [0.1, 0.15) is 0 Å². The molecule has 0 bridgehead atoms. The number of anilines is 1. The molecule has 3 aliphatic rings. The van der Waals surface area contributed by atoms with E-state index in [1.165, 1.54) is 38.9 Å². The normalized spacial score (nSPS) is 28.0. The Morgan fingerprint density at radius 1 is 1.04 bits per heavy atom. The van der Waals surface area contributed by atoms with Gasteiger partial charge in [-0.3, -0.25) is 9.69 Å². The third-order valence-corrected chi connectivity index (χ3v) is 6.98. The van der Waals surface area contributed by atoms with E-state index in [4.69, 9.17) is 0 Å². The first-order chi connectivity index (χ1) is 13.1. The largest absolute Gasteiger partial charge is 0.312 e. The Morgan fingerprint density at radius 2 is 1.78 bits per heavy atom. The molecule has 1 unspecified atom stereocenters. The van der Waals surface area contributed by atoms with E-state index in [-0.39, 0.29) is 5.91 Å². The maximum atomic E-state index is 12.5. The topological polar surface area (TPSA) is 30.0 Å². The van der Waals surface area contributed by atoms with Crippen LogP contribution in [0.5, 0.6) is 0 Å². The van der Waals surface area contributed by atoms with Crippen molar-refractivity contribution >= 4 is 11.6 Å². The van der Waals surface area contributed by atoms with Crippen LogP contribution in [-0.4, -0.2) is 86.1 Å². The fourth-order valence-electron chi connectivity index (χ4n) is 5.34. The minimum absolute atomic E-state index is 0.282. The lowest BCUT2D eigenvalue weighted by atomic mass is 9.85. The van der Waals surface area contributed by atoms with Gasteiger partial charge in [0.25, 0.3) is 0 Å². The third kappa shape index (κ3) is 4.05. The molecule has 3 fully saturated rings. The van der Waals surface area contributed by atoms with Crippen LogP contribution in [0.4, 0.5) is 5.69 Å². The van der Waals surface area contributed by atoms with E-state index in [1.54, 1.807) is 0 Å². The second-order valence-electron chi connectivity index (χ2n) is 8.95. The van der Waals surface area contributed by atoms with Crippen molar-refractivity contribution in [2.45, 2.75) is 31.2 Å². The van der Waals surface area contributed by atoms with Crippen molar-refractivity contribution in [3.8, 4) is 0 Å². The standard InChI is InChI=1S/C22H34N4O/c1-23-11-6-12-24(2)22(18-23)9-13-25(14-10-22)16-19-15-21(27)26(17-19)20-7-4-3-5-8-20/h3-5,7-8,19H,6,9-18H2,1-2H3. The zero-order valence-corrected chi connectivity index (χ0v) is 16.9. The van der Waals surface area contributed by atoms with Crippen LogP contribution in [0.3, 0.4) is 0 Å². The van der Waals surface area contributed by atoms with Gasteiger partial charge < -0.3 is 14.7 Å². The van der Waals surface area contributed by atoms with Crippen molar-refractivity contribution in [1.82, 2.24) is 14.7 Å². The summed E-state index contributed by atoms with van der Waals surface area (Å²) in [5.74, 6) is 0.742. The third-order valence-electron chi connectivity index (χ3n) is 6.98. The van der Waals surface area contributed by atoms with Crippen LogP contribution in [0.25, 0.3) is 0 Å². The summed E-state index contributed by atoms with van der Waals surface area (Å²) in [6, 6.07) is 10.1. The number of rotatable bonds is 3. The summed E-state index contributed by atoms with van der Waals surface area (Å²) in [6.07, 6.45) is 4.46. The fraction of sp³-hybridized carbons (Fsp3) is 0.682. The summed E-state index contributed by atoms with van der Waals surface area (Å²) >= 11 is 0. The molecule has 1 atom stereocenters. The van der Waals surface area contributed by atoms with E-state index in [9.17, 15) is 4.79 Å². The van der Waals surface area contributed by atoms with Crippen LogP contribution in [0.2, 0.25) is 0 Å². The minimum Gasteiger partial charge on any atom is -0.312 e. The SMILES string of the molecule is CN1CCCN(C)C2(CCN(CC3CC(=O)N(c4ccccc4)C3)CC2)C1. The molecule has 5 nitrogen and oxygen atoms in total. The van der Waals surface area contributed by atoms with Crippen molar-refractivity contribution < 1.29 is 4.79 Å². The van der Waals surface area contributed by atoms with E-state index >= 15 is 0 Å². The quantitative estimate of drug-likeness (QED) is 0.816. The van der Waals surface area contributed by atoms with Gasteiger partial charge in [-0.2, -0.15) is 0 Å². The number of likely N-dealkylation sites (tertiary alicyclic amines) is 1. The average Bonchev–Trinajstić information content (AvgIpc) is 2.97. The van der Waals surface area contributed by atoms with Crippen LogP contribution in [0, 0.1) is 5.92 Å². The van der Waals surface area contributed by atoms with Crippen molar-refractivity contribution in [1.29, 1.82) is 0 Å². The highest BCUT2D eigenvalue weighted by Crippen LogP contribution is 2.32. The molecule has 0 aliphatic carbocycles. The van der Waals surface area contributed by atoms with Crippen LogP contribution in [-0.2, 0) is 4.79 Å². The second-order valence-corrected chi connectivity index (χ2v) is 8.95. The molecule has 0 saturated carbocycles. The molecule has 0 radical (unpaired) electrons. The number of carbonyl (C=O) groups excluding carboxylic acids is 1. The molecule has 3 aliphatic heterocycles. The summed E-state index contributed by atoms with van der Waals surface area (Å²) in [5, 5.41) is 0. The Kier molecular flexibility index (Phi) is 5.53. The van der Waals surface area contributed by atoms with Gasteiger partial charge in [-0.05, 0) is 77.6 Å². The zero-order valence-electron chi connectivity index (χ0n) is 16.9. The van der Waals surface area contributed by atoms with Gasteiger partial charge in [-0.25, -0.2) is 0 Å². The van der Waals surface area contributed by atoms with Gasteiger partial charge in [-0.15, -0.1) is 0 Å². The molecule has 0 aromatic heterocycles. The molecular weight excluding hydrogens is 336 g/mol. The van der Waals surface area contributed by atoms with Gasteiger partial charge in [0.05, 0.1) is 0 Å². The lowest BCUT2D eigenvalue weighted by molar-refractivity contribution is -0.117. The number of piperidine rings is 1. The van der Waals surface area contributed by atoms with E-state index in [1.807, 2.05) is 35.2 Å². The van der Waals surface area contributed by atoms with Crippen LogP contribution in [0.15, 0.2) is 30.3 Å². The monoisotopic (exact) mass is 370 g/mol. The number of benzene rings is 1. The molecule has 0 N–H and O–H groups in total. The summed E-state index contributed by atoms with van der Waals surface area (Å²) in [4.78, 5) is 22.2. The summed E-state index contributed by atoms with van der Waals surface area (Å²) < 4.78 is 0. The lowest BCUT2D eigenvalue weighted by Gasteiger charge is -2.48. The number of carbonyl (C=O) groups is 1. The van der Waals surface area contributed by atoms with E-state index in [0.29, 0.717) is 17.9 Å². The van der Waals surface area contributed by atoms with Crippen molar-refractivity contribution in [2.24, 2.45) is 5.92 Å². The Bertz CT molecular complexity index is 641. The molecule has 1 spiro atoms. The minimum atomic E-state index is 0.282. The highest BCUT2D eigenvalue weighted by atomic mass is 16.2. The molecule has 3 heterocycles. The van der Waals surface area contributed by atoms with Crippen molar-refractivity contribution in [3.05, 3.63) is 30.3 Å². The zero-order chi connectivity index (χ0) is 18.9. The number of amides is 1. The highest BCUT2D eigenvalue weighted by Gasteiger charge is 2.41. The molecule has 148 valence electrons. The van der Waals surface area contributed by atoms with Gasteiger partial charge in [0.2, 0.25) is 5.91 Å². The summed E-state index contributed by atoms with van der Waals surface area (Å²) in [7, 11) is 4.60. The highest BCUT2D eigenvalue weighted by molar-refractivity contribution is 5.95. The van der Waals surface area contributed by atoms with Crippen LogP contribution < -0.4 is 4.90 Å². The van der Waals surface area contributed by atoms with Gasteiger partial charge in [0.15, 0.2) is 0 Å². The average molecular weight is 371 g/mol. The van der Waals surface area contributed by atoms with Gasteiger partial charge in [0, 0.05) is 37.3 Å². The van der Waals surface area contributed by atoms with E-state index in [0.717, 1.165) is 31.9 Å². The Morgan fingerprint density at radius 3 is 2.52 bits per heavy atom. The van der Waals surface area contributed by atoms with E-state index in [2.05, 4.69) is 28.8 Å². The Hall–Kier alpha value is -1.43. The Labute approximate surface area is 163 Å². The number of hydrogen-bond donors (Lipinski definition) is 0. The molecule has 4 rings (SSSR count). The number of likely N-dealkylation sites (N-methyl/N-ethyl adjacent to an activating group) is 2. The van der Waals surface area contributed by atoms with E-state index < -0.39 is 0 Å². The van der Waals surface area contributed by atoms with Crippen molar-refractivity contribution in [3.63, 3.8) is 0 Å². The molecule has 1 amide bonds. The maximum absolute atomic E-state index is 12.5. The smallest absolute Gasteiger partial charge is 0.227 e. The number of nitrogens with zero attached hydrogens (tertiary/aromatic N) is 4. The van der Waals surface area contributed by atoms with Crippen LogP contribution in [0.1, 0.15) is 25.7 Å². The Balaban J connectivity index is 1.33. The first kappa shape index (κ1) is 18.9. The predicted molar refractivity (Wildman–Crippen MR) is 110 cm³/mol. The molecule has 27 heavy (non-hydrogen) atoms. The maximum Gasteiger partial charge on any atom is 0.227 e. The molecular formula is C22H34N4O. The number of para-hydroxylation sites is 1. The second kappa shape index (κ2) is 7.90. The first-order valence-electron chi connectivity index (χ1n) is 10.5. The molecule has 1 aromatic carbocycles. The molecule has 1 aromatic rings.